The third kappa shape index (κ3) is 4.36. The number of nitrogens with zero attached hydrogens (tertiary/aromatic N) is 2. The van der Waals surface area contributed by atoms with E-state index in [9.17, 15) is 14.7 Å². The molecule has 8 nitrogen and oxygen atoms in total. The van der Waals surface area contributed by atoms with Crippen LogP contribution in [-0.4, -0.2) is 67.0 Å². The summed E-state index contributed by atoms with van der Waals surface area (Å²) in [6, 6.07) is 7.53. The molecule has 1 fully saturated rings. The molecule has 1 aromatic heterocycles. The molecule has 1 N–H and O–H groups in total. The molecule has 0 radical (unpaired) electrons. The van der Waals surface area contributed by atoms with Crippen LogP contribution in [0.2, 0.25) is 0 Å². The number of Topliss-reactive ketones (excluding diaryl/α,β-unsaturated/α-hetero) is 1. The first kappa shape index (κ1) is 23.4. The summed E-state index contributed by atoms with van der Waals surface area (Å²) in [5, 5.41) is 11.2. The van der Waals surface area contributed by atoms with Crippen LogP contribution < -0.4 is 9.47 Å². The van der Waals surface area contributed by atoms with Crippen LogP contribution in [0.4, 0.5) is 0 Å². The number of amides is 1. The fourth-order valence-electron chi connectivity index (χ4n) is 3.94. The summed E-state index contributed by atoms with van der Waals surface area (Å²) in [6.07, 6.45) is 0. The van der Waals surface area contributed by atoms with Crippen molar-refractivity contribution < 1.29 is 28.6 Å². The van der Waals surface area contributed by atoms with E-state index >= 15 is 0 Å². The Morgan fingerprint density at radius 1 is 1.12 bits per heavy atom. The minimum atomic E-state index is -0.828. The Hall–Kier alpha value is -3.26. The summed E-state index contributed by atoms with van der Waals surface area (Å²) in [5.41, 5.74) is 0.274. The van der Waals surface area contributed by atoms with E-state index in [0.29, 0.717) is 41.7 Å². The number of ketones is 1. The van der Waals surface area contributed by atoms with Gasteiger partial charge in [-0.2, -0.15) is 0 Å². The first-order chi connectivity index (χ1) is 15.4. The Morgan fingerprint density at radius 3 is 2.41 bits per heavy atom. The minimum Gasteiger partial charge on any atom is -0.507 e. The van der Waals surface area contributed by atoms with Crippen molar-refractivity contribution in [2.24, 2.45) is 0 Å². The third-order valence-corrected chi connectivity index (χ3v) is 5.79. The van der Waals surface area contributed by atoms with E-state index in [0.717, 1.165) is 13.1 Å². The molecule has 0 bridgehead atoms. The molecule has 1 amide bonds. The van der Waals surface area contributed by atoms with E-state index in [1.807, 2.05) is 13.8 Å². The zero-order valence-electron chi connectivity index (χ0n) is 19.2. The van der Waals surface area contributed by atoms with E-state index < -0.39 is 17.7 Å². The van der Waals surface area contributed by atoms with Gasteiger partial charge in [0.25, 0.3) is 11.7 Å². The lowest BCUT2D eigenvalue weighted by Crippen LogP contribution is -2.37. The van der Waals surface area contributed by atoms with E-state index in [4.69, 9.17) is 13.9 Å². The molecule has 1 aromatic carbocycles. The lowest BCUT2D eigenvalue weighted by molar-refractivity contribution is -0.140. The second-order valence-electron chi connectivity index (χ2n) is 7.53. The SMILES string of the molecule is CCN(CC)CCN1C(=O)C(=O)/C(=C(\O)c2ccc(OC)cc2OC)C1c1ccc(C)o1. The largest absolute Gasteiger partial charge is 0.507 e. The van der Waals surface area contributed by atoms with E-state index in [1.54, 1.807) is 37.3 Å². The lowest BCUT2D eigenvalue weighted by atomic mass is 9.98. The van der Waals surface area contributed by atoms with Gasteiger partial charge in [0.1, 0.15) is 34.8 Å². The van der Waals surface area contributed by atoms with Crippen molar-refractivity contribution in [1.82, 2.24) is 9.80 Å². The van der Waals surface area contributed by atoms with Gasteiger partial charge in [0.2, 0.25) is 0 Å². The Morgan fingerprint density at radius 2 is 1.84 bits per heavy atom. The number of likely N-dealkylation sites (tertiary alicyclic amines) is 1. The van der Waals surface area contributed by atoms with Crippen LogP contribution in [0.5, 0.6) is 11.5 Å². The number of aliphatic hydroxyl groups is 1. The fourth-order valence-corrected chi connectivity index (χ4v) is 3.94. The lowest BCUT2D eigenvalue weighted by Gasteiger charge is -2.26. The van der Waals surface area contributed by atoms with Gasteiger partial charge in [-0.3, -0.25) is 9.59 Å². The van der Waals surface area contributed by atoms with Crippen molar-refractivity contribution in [3.63, 3.8) is 0 Å². The van der Waals surface area contributed by atoms with Gasteiger partial charge in [0, 0.05) is 19.2 Å². The predicted molar refractivity (Wildman–Crippen MR) is 120 cm³/mol. The Kier molecular flexibility index (Phi) is 7.25. The number of hydrogen-bond acceptors (Lipinski definition) is 7. The van der Waals surface area contributed by atoms with E-state index in [1.165, 1.54) is 19.1 Å². The number of rotatable bonds is 9. The standard InChI is InChI=1S/C24H30N2O6/c1-6-25(7-2)12-13-26-21(18-11-8-15(3)32-18)20(23(28)24(26)29)22(27)17-10-9-16(30-4)14-19(17)31-5/h8-11,14,21,27H,6-7,12-13H2,1-5H3/b22-20-. The molecule has 8 heteroatoms. The first-order valence-corrected chi connectivity index (χ1v) is 10.7. The number of carbonyl (C=O) groups is 2. The molecule has 0 spiro atoms. The van der Waals surface area contributed by atoms with Crippen molar-refractivity contribution in [1.29, 1.82) is 0 Å². The molecule has 0 aliphatic carbocycles. The summed E-state index contributed by atoms with van der Waals surface area (Å²) in [5.74, 6) is 0.213. The van der Waals surface area contributed by atoms with Crippen LogP contribution in [0.1, 0.15) is 37.0 Å². The van der Waals surface area contributed by atoms with Gasteiger partial charge in [0.05, 0.1) is 25.4 Å². The number of likely N-dealkylation sites (N-methyl/N-ethyl adjacent to an activating group) is 1. The number of benzene rings is 1. The minimum absolute atomic E-state index is 0.0210. The molecule has 1 atom stereocenters. The molecular formula is C24H30N2O6. The van der Waals surface area contributed by atoms with Crippen molar-refractivity contribution in [2.45, 2.75) is 26.8 Å². The molecule has 1 aliphatic rings. The topological polar surface area (TPSA) is 92.5 Å². The second-order valence-corrected chi connectivity index (χ2v) is 7.53. The van der Waals surface area contributed by atoms with Gasteiger partial charge in [-0.25, -0.2) is 0 Å². The second kappa shape index (κ2) is 9.91. The fraction of sp³-hybridized carbons (Fsp3) is 0.417. The van der Waals surface area contributed by atoms with Gasteiger partial charge in [-0.05, 0) is 44.3 Å². The maximum atomic E-state index is 13.1. The van der Waals surface area contributed by atoms with Crippen molar-refractivity contribution in [3.8, 4) is 11.5 Å². The molecule has 1 aliphatic heterocycles. The maximum Gasteiger partial charge on any atom is 0.295 e. The highest BCUT2D eigenvalue weighted by atomic mass is 16.5. The highest BCUT2D eigenvalue weighted by molar-refractivity contribution is 6.46. The molecule has 1 unspecified atom stereocenters. The zero-order chi connectivity index (χ0) is 23.4. The average molecular weight is 443 g/mol. The highest BCUT2D eigenvalue weighted by Gasteiger charge is 2.47. The normalized spacial score (nSPS) is 17.9. The van der Waals surface area contributed by atoms with Crippen LogP contribution in [0, 0.1) is 6.92 Å². The number of aliphatic hydroxyl groups excluding tert-OH is 1. The number of carbonyl (C=O) groups excluding carboxylic acids is 2. The number of furan rings is 1. The van der Waals surface area contributed by atoms with Crippen molar-refractivity contribution >= 4 is 17.4 Å². The number of hydrogen-bond donors (Lipinski definition) is 1. The predicted octanol–water partition coefficient (Wildman–Crippen LogP) is 3.37. The van der Waals surface area contributed by atoms with Crippen molar-refractivity contribution in [3.05, 3.63) is 53.0 Å². The van der Waals surface area contributed by atoms with Gasteiger partial charge in [-0.15, -0.1) is 0 Å². The summed E-state index contributed by atoms with van der Waals surface area (Å²) in [7, 11) is 2.98. The quantitative estimate of drug-likeness (QED) is 0.362. The van der Waals surface area contributed by atoms with Crippen LogP contribution in [-0.2, 0) is 9.59 Å². The van der Waals surface area contributed by atoms with E-state index in [-0.39, 0.29) is 11.3 Å². The van der Waals surface area contributed by atoms with E-state index in [2.05, 4.69) is 4.90 Å². The Bertz CT molecular complexity index is 1020. The van der Waals surface area contributed by atoms with Gasteiger partial charge in [-0.1, -0.05) is 13.8 Å². The summed E-state index contributed by atoms with van der Waals surface area (Å²) < 4.78 is 16.4. The Labute approximate surface area is 188 Å². The van der Waals surface area contributed by atoms with Crippen LogP contribution in [0.15, 0.2) is 40.3 Å². The van der Waals surface area contributed by atoms with Gasteiger partial charge in [0.15, 0.2) is 0 Å². The average Bonchev–Trinajstić information content (AvgIpc) is 3.34. The number of aryl methyl sites for hydroxylation is 1. The van der Waals surface area contributed by atoms with Crippen LogP contribution >= 0.6 is 0 Å². The number of methoxy groups -OCH3 is 2. The Balaban J connectivity index is 2.12. The van der Waals surface area contributed by atoms with Crippen molar-refractivity contribution in [2.75, 3.05) is 40.4 Å². The highest BCUT2D eigenvalue weighted by Crippen LogP contribution is 2.41. The van der Waals surface area contributed by atoms with Gasteiger partial charge >= 0.3 is 0 Å². The summed E-state index contributed by atoms with van der Waals surface area (Å²) in [6.45, 7) is 8.46. The molecule has 172 valence electrons. The molecule has 2 heterocycles. The molecule has 3 rings (SSSR count). The molecule has 1 saturated heterocycles. The monoisotopic (exact) mass is 442 g/mol. The first-order valence-electron chi connectivity index (χ1n) is 10.7. The summed E-state index contributed by atoms with van der Waals surface area (Å²) >= 11 is 0. The van der Waals surface area contributed by atoms with Gasteiger partial charge < -0.3 is 28.8 Å². The molecule has 32 heavy (non-hydrogen) atoms. The third-order valence-electron chi connectivity index (χ3n) is 5.79. The summed E-state index contributed by atoms with van der Waals surface area (Å²) in [4.78, 5) is 29.7. The number of ether oxygens (including phenoxy) is 2. The maximum absolute atomic E-state index is 13.1. The zero-order valence-corrected chi connectivity index (χ0v) is 19.2. The van der Waals surface area contributed by atoms with Crippen LogP contribution in [0.25, 0.3) is 5.76 Å². The smallest absolute Gasteiger partial charge is 0.295 e. The molecule has 2 aromatic rings. The van der Waals surface area contributed by atoms with Crippen LogP contribution in [0.3, 0.4) is 0 Å². The molecular weight excluding hydrogens is 412 g/mol. The molecule has 0 saturated carbocycles.